The predicted molar refractivity (Wildman–Crippen MR) is 116 cm³/mol. The molecule has 0 aliphatic heterocycles. The number of amides is 1. The van der Waals surface area contributed by atoms with Crippen molar-refractivity contribution in [1.29, 1.82) is 0 Å². The van der Waals surface area contributed by atoms with E-state index in [0.717, 1.165) is 9.77 Å². The molecule has 29 heavy (non-hydrogen) atoms. The summed E-state index contributed by atoms with van der Waals surface area (Å²) in [5.41, 5.74) is 0.304. The summed E-state index contributed by atoms with van der Waals surface area (Å²) in [7, 11) is 0. The topological polar surface area (TPSA) is 81.7 Å². The molecule has 156 valence electrons. The van der Waals surface area contributed by atoms with Crippen LogP contribution < -0.4 is 5.32 Å². The Hall–Kier alpha value is -2.03. The van der Waals surface area contributed by atoms with E-state index in [1.54, 1.807) is 37.3 Å². The molecule has 1 N–H and O–H groups in total. The molecule has 0 bridgehead atoms. The fraction of sp³-hybridized carbons (Fsp3) is 0.350. The third kappa shape index (κ3) is 7.38. The van der Waals surface area contributed by atoms with E-state index in [0.29, 0.717) is 15.6 Å². The van der Waals surface area contributed by atoms with Crippen LogP contribution in [0.4, 0.5) is 5.00 Å². The van der Waals surface area contributed by atoms with Gasteiger partial charge in [0.15, 0.2) is 6.61 Å². The van der Waals surface area contributed by atoms with Crippen LogP contribution in [0.1, 0.15) is 41.9 Å². The molecule has 2 aromatic rings. The first-order chi connectivity index (χ1) is 13.8. The van der Waals surface area contributed by atoms with Crippen molar-refractivity contribution in [2.24, 2.45) is 0 Å². The molecule has 0 radical (unpaired) electrons. The summed E-state index contributed by atoms with van der Waals surface area (Å²) in [6, 6.07) is 8.78. The molecular formula is C20H22ClNO5S2. The summed E-state index contributed by atoms with van der Waals surface area (Å²) in [6.07, 6.45) is 0. The molecule has 0 spiro atoms. The number of carbonyl (C=O) groups is 3. The van der Waals surface area contributed by atoms with Crippen molar-refractivity contribution in [2.75, 3.05) is 24.3 Å². The largest absolute Gasteiger partial charge is 0.462 e. The molecule has 1 aromatic heterocycles. The molecular weight excluding hydrogens is 434 g/mol. The molecule has 1 aromatic carbocycles. The molecule has 9 heteroatoms. The Morgan fingerprint density at radius 1 is 1.17 bits per heavy atom. The second-order valence-corrected chi connectivity index (χ2v) is 8.79. The van der Waals surface area contributed by atoms with Crippen LogP contribution in [-0.4, -0.2) is 36.8 Å². The van der Waals surface area contributed by atoms with Crippen LogP contribution in [-0.2, 0) is 19.1 Å². The van der Waals surface area contributed by atoms with Gasteiger partial charge in [0.05, 0.1) is 17.9 Å². The quantitative estimate of drug-likeness (QED) is 0.424. The zero-order chi connectivity index (χ0) is 21.4. The van der Waals surface area contributed by atoms with Gasteiger partial charge in [0, 0.05) is 14.8 Å². The Labute approximate surface area is 182 Å². The SMILES string of the molecule is CCOC(=O)c1cc(C(C)C)sc1NC(=O)COC(=O)CSc1ccc(Cl)cc1. The summed E-state index contributed by atoms with van der Waals surface area (Å²) < 4.78 is 10.1. The lowest BCUT2D eigenvalue weighted by Crippen LogP contribution is -2.22. The first kappa shape index (κ1) is 23.3. The van der Waals surface area contributed by atoms with Gasteiger partial charge in [-0.25, -0.2) is 4.79 Å². The minimum atomic E-state index is -0.516. The standard InChI is InChI=1S/C20H22ClNO5S2/c1-4-26-20(25)15-9-16(12(2)3)29-19(15)22-17(23)10-27-18(24)11-28-14-7-5-13(21)6-8-14/h5-9,12H,4,10-11H2,1-3H3,(H,22,23). The lowest BCUT2D eigenvalue weighted by atomic mass is 10.1. The minimum absolute atomic E-state index is 0.0689. The minimum Gasteiger partial charge on any atom is -0.462 e. The monoisotopic (exact) mass is 455 g/mol. The molecule has 0 aliphatic rings. The van der Waals surface area contributed by atoms with E-state index in [1.807, 2.05) is 13.8 Å². The normalized spacial score (nSPS) is 10.7. The maximum atomic E-state index is 12.2. The van der Waals surface area contributed by atoms with Crippen LogP contribution in [0.5, 0.6) is 0 Å². The van der Waals surface area contributed by atoms with Crippen molar-refractivity contribution >= 4 is 57.5 Å². The number of benzene rings is 1. The van der Waals surface area contributed by atoms with Crippen molar-refractivity contribution in [2.45, 2.75) is 31.6 Å². The van der Waals surface area contributed by atoms with Crippen molar-refractivity contribution in [3.05, 3.63) is 45.8 Å². The molecule has 0 aliphatic carbocycles. The van der Waals surface area contributed by atoms with Crippen molar-refractivity contribution < 1.29 is 23.9 Å². The van der Waals surface area contributed by atoms with Gasteiger partial charge in [-0.1, -0.05) is 25.4 Å². The summed E-state index contributed by atoms with van der Waals surface area (Å²) >= 11 is 8.41. The summed E-state index contributed by atoms with van der Waals surface area (Å²) in [5.74, 6) is -1.26. The molecule has 0 saturated carbocycles. The van der Waals surface area contributed by atoms with Gasteiger partial charge in [0.2, 0.25) is 0 Å². The highest BCUT2D eigenvalue weighted by Gasteiger charge is 2.20. The van der Waals surface area contributed by atoms with E-state index in [4.69, 9.17) is 21.1 Å². The molecule has 6 nitrogen and oxygen atoms in total. The highest BCUT2D eigenvalue weighted by atomic mass is 35.5. The van der Waals surface area contributed by atoms with Gasteiger partial charge in [-0.15, -0.1) is 23.1 Å². The number of ether oxygens (including phenoxy) is 2. The fourth-order valence-electron chi connectivity index (χ4n) is 2.17. The van der Waals surface area contributed by atoms with E-state index in [1.165, 1.54) is 23.1 Å². The average Bonchev–Trinajstić information content (AvgIpc) is 3.10. The first-order valence-electron chi connectivity index (χ1n) is 8.94. The van der Waals surface area contributed by atoms with Crippen molar-refractivity contribution in [3.8, 4) is 0 Å². The molecule has 1 amide bonds. The summed E-state index contributed by atoms with van der Waals surface area (Å²) in [4.78, 5) is 38.0. The van der Waals surface area contributed by atoms with Gasteiger partial charge in [-0.2, -0.15) is 0 Å². The maximum Gasteiger partial charge on any atom is 0.341 e. The third-order valence-electron chi connectivity index (χ3n) is 3.60. The van der Waals surface area contributed by atoms with Crippen LogP contribution in [0.15, 0.2) is 35.2 Å². The van der Waals surface area contributed by atoms with E-state index in [9.17, 15) is 14.4 Å². The van der Waals surface area contributed by atoms with Gasteiger partial charge in [0.1, 0.15) is 5.00 Å². The number of thioether (sulfide) groups is 1. The molecule has 1 heterocycles. The number of esters is 2. The van der Waals surface area contributed by atoms with E-state index < -0.39 is 24.5 Å². The van der Waals surface area contributed by atoms with E-state index in [2.05, 4.69) is 5.32 Å². The van der Waals surface area contributed by atoms with Crippen molar-refractivity contribution in [3.63, 3.8) is 0 Å². The number of rotatable bonds is 9. The lowest BCUT2D eigenvalue weighted by molar-refractivity contribution is -0.144. The smallest absolute Gasteiger partial charge is 0.341 e. The number of hydrogen-bond acceptors (Lipinski definition) is 7. The number of anilines is 1. The Morgan fingerprint density at radius 2 is 1.86 bits per heavy atom. The van der Waals surface area contributed by atoms with E-state index in [-0.39, 0.29) is 18.3 Å². The Kier molecular flexibility index (Phi) is 9.00. The maximum absolute atomic E-state index is 12.2. The molecule has 2 rings (SSSR count). The fourth-order valence-corrected chi connectivity index (χ4v) is 4.06. The highest BCUT2D eigenvalue weighted by Crippen LogP contribution is 2.33. The van der Waals surface area contributed by atoms with Crippen LogP contribution in [0.3, 0.4) is 0 Å². The highest BCUT2D eigenvalue weighted by molar-refractivity contribution is 8.00. The van der Waals surface area contributed by atoms with E-state index >= 15 is 0 Å². The van der Waals surface area contributed by atoms with Gasteiger partial charge in [-0.3, -0.25) is 9.59 Å². The second kappa shape index (κ2) is 11.2. The number of carbonyl (C=O) groups excluding carboxylic acids is 3. The average molecular weight is 456 g/mol. The van der Waals surface area contributed by atoms with Gasteiger partial charge in [0.25, 0.3) is 5.91 Å². The predicted octanol–water partition coefficient (Wildman–Crippen LogP) is 4.98. The molecule has 0 fully saturated rings. The zero-order valence-corrected chi connectivity index (χ0v) is 18.7. The van der Waals surface area contributed by atoms with Crippen LogP contribution in [0.25, 0.3) is 0 Å². The van der Waals surface area contributed by atoms with Gasteiger partial charge < -0.3 is 14.8 Å². The van der Waals surface area contributed by atoms with Gasteiger partial charge >= 0.3 is 11.9 Å². The molecule has 0 atom stereocenters. The Balaban J connectivity index is 1.88. The second-order valence-electron chi connectivity index (χ2n) is 6.22. The summed E-state index contributed by atoms with van der Waals surface area (Å²) in [6.45, 7) is 5.51. The third-order valence-corrected chi connectivity index (χ3v) is 6.19. The van der Waals surface area contributed by atoms with Gasteiger partial charge in [-0.05, 0) is 43.2 Å². The number of hydrogen-bond donors (Lipinski definition) is 1. The molecule has 0 saturated heterocycles. The lowest BCUT2D eigenvalue weighted by Gasteiger charge is -2.07. The summed E-state index contributed by atoms with van der Waals surface area (Å²) in [5, 5.41) is 3.65. The number of halogens is 1. The first-order valence-corrected chi connectivity index (χ1v) is 11.1. The number of nitrogens with one attached hydrogen (secondary N) is 1. The Morgan fingerprint density at radius 3 is 2.48 bits per heavy atom. The van der Waals surface area contributed by atoms with Crippen molar-refractivity contribution in [1.82, 2.24) is 0 Å². The van der Waals surface area contributed by atoms with Crippen LogP contribution >= 0.6 is 34.7 Å². The Bertz CT molecular complexity index is 864. The zero-order valence-electron chi connectivity index (χ0n) is 16.3. The van der Waals surface area contributed by atoms with Crippen LogP contribution in [0.2, 0.25) is 5.02 Å². The molecule has 0 unspecified atom stereocenters. The number of thiophene rings is 1. The van der Waals surface area contributed by atoms with Crippen LogP contribution in [0, 0.1) is 0 Å².